The van der Waals surface area contributed by atoms with Gasteiger partial charge < -0.3 is 0 Å². The minimum Gasteiger partial charge on any atom is -0.289 e. The summed E-state index contributed by atoms with van der Waals surface area (Å²) in [5.41, 5.74) is 4.43. The van der Waals surface area contributed by atoms with Gasteiger partial charge in [0.1, 0.15) is 5.01 Å². The Morgan fingerprint density at radius 3 is 2.67 bits per heavy atom. The number of aromatic nitrogens is 2. The Labute approximate surface area is 149 Å². The molecule has 6 heteroatoms. The van der Waals surface area contributed by atoms with Crippen molar-refractivity contribution < 1.29 is 4.79 Å². The number of carbonyl (C=O) groups is 1. The SMILES string of the molecule is CCN(C(C)=O)c1nc(C=Cc2nc3cc(C)c(C)cc3s2)cs1. The lowest BCUT2D eigenvalue weighted by Gasteiger charge is -2.14. The highest BCUT2D eigenvalue weighted by molar-refractivity contribution is 7.19. The lowest BCUT2D eigenvalue weighted by atomic mass is 10.1. The summed E-state index contributed by atoms with van der Waals surface area (Å²) in [6.45, 7) is 8.36. The predicted octanol–water partition coefficient (Wildman–Crippen LogP) is 4.91. The van der Waals surface area contributed by atoms with E-state index in [0.717, 1.165) is 21.3 Å². The zero-order valence-corrected chi connectivity index (χ0v) is 15.8. The molecule has 3 aromatic rings. The first-order valence-electron chi connectivity index (χ1n) is 7.77. The van der Waals surface area contributed by atoms with Crippen LogP contribution in [0.2, 0.25) is 0 Å². The van der Waals surface area contributed by atoms with Gasteiger partial charge in [0.25, 0.3) is 0 Å². The first-order valence-corrected chi connectivity index (χ1v) is 9.47. The Kier molecular flexibility index (Phi) is 4.78. The molecule has 0 bridgehead atoms. The van der Waals surface area contributed by atoms with E-state index in [2.05, 4.69) is 35.9 Å². The number of hydrogen-bond acceptors (Lipinski definition) is 5. The first-order chi connectivity index (χ1) is 11.5. The number of nitrogens with zero attached hydrogens (tertiary/aromatic N) is 3. The number of hydrogen-bond donors (Lipinski definition) is 0. The molecular weight excluding hydrogens is 338 g/mol. The number of thiazole rings is 2. The fourth-order valence-electron chi connectivity index (χ4n) is 2.40. The van der Waals surface area contributed by atoms with Crippen LogP contribution in [0.5, 0.6) is 0 Å². The zero-order chi connectivity index (χ0) is 17.3. The molecule has 0 aliphatic heterocycles. The number of benzene rings is 1. The van der Waals surface area contributed by atoms with Crippen molar-refractivity contribution in [1.29, 1.82) is 0 Å². The van der Waals surface area contributed by atoms with Gasteiger partial charge in [-0.2, -0.15) is 0 Å². The van der Waals surface area contributed by atoms with Gasteiger partial charge >= 0.3 is 0 Å². The maximum Gasteiger partial charge on any atom is 0.225 e. The number of amides is 1. The summed E-state index contributed by atoms with van der Waals surface area (Å²) in [5, 5.41) is 3.66. The maximum absolute atomic E-state index is 11.6. The van der Waals surface area contributed by atoms with Crippen LogP contribution in [0.1, 0.15) is 35.7 Å². The summed E-state index contributed by atoms with van der Waals surface area (Å²) in [4.78, 5) is 22.4. The highest BCUT2D eigenvalue weighted by Crippen LogP contribution is 2.27. The summed E-state index contributed by atoms with van der Waals surface area (Å²) in [7, 11) is 0. The third kappa shape index (κ3) is 3.39. The fraction of sp³-hybridized carbons (Fsp3) is 0.278. The Hall–Kier alpha value is -2.05. The van der Waals surface area contributed by atoms with Crippen molar-refractivity contribution in [3.8, 4) is 0 Å². The molecular formula is C18H19N3OS2. The third-order valence-corrected chi connectivity index (χ3v) is 5.72. The van der Waals surface area contributed by atoms with Gasteiger partial charge in [-0.1, -0.05) is 0 Å². The van der Waals surface area contributed by atoms with Gasteiger partial charge in [-0.3, -0.25) is 9.69 Å². The number of carbonyl (C=O) groups excluding carboxylic acids is 1. The van der Waals surface area contributed by atoms with Crippen LogP contribution in [-0.4, -0.2) is 22.4 Å². The van der Waals surface area contributed by atoms with Gasteiger partial charge in [-0.15, -0.1) is 22.7 Å². The molecule has 0 saturated heterocycles. The lowest BCUT2D eigenvalue weighted by Crippen LogP contribution is -2.27. The van der Waals surface area contributed by atoms with Crippen molar-refractivity contribution in [3.63, 3.8) is 0 Å². The molecule has 124 valence electrons. The van der Waals surface area contributed by atoms with Gasteiger partial charge in [0.05, 0.1) is 15.9 Å². The van der Waals surface area contributed by atoms with Gasteiger partial charge in [0, 0.05) is 18.8 Å². The standard InChI is InChI=1S/C18H19N3OS2/c1-5-21(13(4)22)18-19-14(10-23-18)6-7-17-20-15-8-11(2)12(3)9-16(15)24-17/h6-10H,5H2,1-4H3. The lowest BCUT2D eigenvalue weighted by molar-refractivity contribution is -0.116. The zero-order valence-electron chi connectivity index (χ0n) is 14.2. The molecule has 0 saturated carbocycles. The number of fused-ring (bicyclic) bond motifs is 1. The van der Waals surface area contributed by atoms with Gasteiger partial charge in [0.2, 0.25) is 5.91 Å². The van der Waals surface area contributed by atoms with Crippen LogP contribution in [0.4, 0.5) is 5.13 Å². The molecule has 3 rings (SSSR count). The van der Waals surface area contributed by atoms with Gasteiger partial charge in [-0.05, 0) is 56.2 Å². The third-order valence-electron chi connectivity index (χ3n) is 3.85. The van der Waals surface area contributed by atoms with Crippen molar-refractivity contribution >= 4 is 56.1 Å². The van der Waals surface area contributed by atoms with E-state index in [-0.39, 0.29) is 5.91 Å². The molecule has 0 spiro atoms. The summed E-state index contributed by atoms with van der Waals surface area (Å²) < 4.78 is 1.20. The molecule has 1 amide bonds. The van der Waals surface area contributed by atoms with Crippen LogP contribution in [0.3, 0.4) is 0 Å². The van der Waals surface area contributed by atoms with Crippen molar-refractivity contribution in [3.05, 3.63) is 39.3 Å². The van der Waals surface area contributed by atoms with Crippen LogP contribution in [0.15, 0.2) is 17.5 Å². The quantitative estimate of drug-likeness (QED) is 0.666. The molecule has 0 atom stereocenters. The van der Waals surface area contributed by atoms with Crippen LogP contribution >= 0.6 is 22.7 Å². The van der Waals surface area contributed by atoms with Crippen LogP contribution in [-0.2, 0) is 4.79 Å². The van der Waals surface area contributed by atoms with Crippen LogP contribution < -0.4 is 4.90 Å². The summed E-state index contributed by atoms with van der Waals surface area (Å²) in [6.07, 6.45) is 3.93. The van der Waals surface area contributed by atoms with Gasteiger partial charge in [-0.25, -0.2) is 9.97 Å². The average Bonchev–Trinajstić information content (AvgIpc) is 3.13. The normalized spacial score (nSPS) is 11.5. The Morgan fingerprint density at radius 1 is 1.21 bits per heavy atom. The molecule has 4 nitrogen and oxygen atoms in total. The van der Waals surface area contributed by atoms with Crippen molar-refractivity contribution in [2.24, 2.45) is 0 Å². The second kappa shape index (κ2) is 6.83. The van der Waals surface area contributed by atoms with Crippen molar-refractivity contribution in [2.45, 2.75) is 27.7 Å². The largest absolute Gasteiger partial charge is 0.289 e. The average molecular weight is 358 g/mol. The first kappa shape index (κ1) is 16.8. The topological polar surface area (TPSA) is 46.1 Å². The predicted molar refractivity (Wildman–Crippen MR) is 104 cm³/mol. The van der Waals surface area contributed by atoms with E-state index < -0.39 is 0 Å². The van der Waals surface area contributed by atoms with E-state index in [0.29, 0.717) is 6.54 Å². The molecule has 0 radical (unpaired) electrons. The van der Waals surface area contributed by atoms with E-state index >= 15 is 0 Å². The van der Waals surface area contributed by atoms with E-state index in [1.54, 1.807) is 23.2 Å². The monoisotopic (exact) mass is 357 g/mol. The van der Waals surface area contributed by atoms with Crippen LogP contribution in [0.25, 0.3) is 22.4 Å². The van der Waals surface area contributed by atoms with E-state index in [9.17, 15) is 4.79 Å². The maximum atomic E-state index is 11.6. The van der Waals surface area contributed by atoms with Crippen molar-refractivity contribution in [2.75, 3.05) is 11.4 Å². The summed E-state index contributed by atoms with van der Waals surface area (Å²) >= 11 is 3.16. The molecule has 2 heterocycles. The molecule has 24 heavy (non-hydrogen) atoms. The van der Waals surface area contributed by atoms with E-state index in [1.807, 2.05) is 24.5 Å². The van der Waals surface area contributed by atoms with E-state index in [1.165, 1.54) is 27.2 Å². The Balaban J connectivity index is 1.83. The Bertz CT molecular complexity index is 885. The summed E-state index contributed by atoms with van der Waals surface area (Å²) in [5.74, 6) is 0.0132. The minimum absolute atomic E-state index is 0.0132. The fourth-order valence-corrected chi connectivity index (χ4v) is 4.25. The second-order valence-electron chi connectivity index (χ2n) is 5.61. The highest BCUT2D eigenvalue weighted by Gasteiger charge is 2.12. The van der Waals surface area contributed by atoms with E-state index in [4.69, 9.17) is 0 Å². The molecule has 0 N–H and O–H groups in total. The molecule has 0 aliphatic carbocycles. The number of aryl methyl sites for hydroxylation is 2. The molecule has 2 aromatic heterocycles. The van der Waals surface area contributed by atoms with Gasteiger partial charge in [0.15, 0.2) is 5.13 Å². The van der Waals surface area contributed by atoms with Crippen LogP contribution in [0, 0.1) is 13.8 Å². The number of rotatable bonds is 4. The second-order valence-corrected chi connectivity index (χ2v) is 7.51. The molecule has 0 aliphatic rings. The minimum atomic E-state index is 0.0132. The highest BCUT2D eigenvalue weighted by atomic mass is 32.1. The smallest absolute Gasteiger partial charge is 0.225 e. The molecule has 0 fully saturated rings. The molecule has 0 unspecified atom stereocenters. The number of anilines is 1. The Morgan fingerprint density at radius 2 is 1.96 bits per heavy atom. The molecule has 1 aromatic carbocycles. The summed E-state index contributed by atoms with van der Waals surface area (Å²) in [6, 6.07) is 4.32. The van der Waals surface area contributed by atoms with Crippen molar-refractivity contribution in [1.82, 2.24) is 9.97 Å².